The molecule has 2 atom stereocenters. The van der Waals surface area contributed by atoms with Crippen LogP contribution in [0.15, 0.2) is 21.7 Å². The number of hydrogen-bond donors (Lipinski definition) is 0. The maximum absolute atomic E-state index is 12.8. The fourth-order valence-electron chi connectivity index (χ4n) is 3.73. The van der Waals surface area contributed by atoms with Crippen molar-refractivity contribution in [3.05, 3.63) is 17.5 Å². The first-order valence-electron chi connectivity index (χ1n) is 7.67. The summed E-state index contributed by atoms with van der Waals surface area (Å²) in [6.07, 6.45) is 1.80. The van der Waals surface area contributed by atoms with Crippen LogP contribution in [0, 0.1) is 11.3 Å². The molecule has 0 bridgehead atoms. The Morgan fingerprint density at radius 3 is 2.58 bits per heavy atom. The van der Waals surface area contributed by atoms with E-state index >= 15 is 0 Å². The predicted molar refractivity (Wildman–Crippen MR) is 91.9 cm³/mol. The molecule has 0 N–H and O–H groups in total. The molecule has 0 spiro atoms. The van der Waals surface area contributed by atoms with Gasteiger partial charge in [0, 0.05) is 38.7 Å². The van der Waals surface area contributed by atoms with Gasteiger partial charge in [0.15, 0.2) is 0 Å². The highest BCUT2D eigenvalue weighted by molar-refractivity contribution is 7.91. The Morgan fingerprint density at radius 1 is 1.29 bits per heavy atom. The van der Waals surface area contributed by atoms with E-state index in [9.17, 15) is 16.8 Å². The first kappa shape index (κ1) is 18.3. The van der Waals surface area contributed by atoms with Crippen LogP contribution in [0.25, 0.3) is 0 Å². The van der Waals surface area contributed by atoms with Crippen LogP contribution < -0.4 is 0 Å². The van der Waals surface area contributed by atoms with Gasteiger partial charge in [0.2, 0.25) is 10.0 Å². The number of methoxy groups -OCH3 is 1. The molecule has 0 unspecified atom stereocenters. The van der Waals surface area contributed by atoms with E-state index in [-0.39, 0.29) is 11.3 Å². The van der Waals surface area contributed by atoms with E-state index in [1.165, 1.54) is 26.2 Å². The van der Waals surface area contributed by atoms with Gasteiger partial charge in [0.1, 0.15) is 4.21 Å². The molecule has 0 radical (unpaired) electrons. The Balaban J connectivity index is 1.86. The predicted octanol–water partition coefficient (Wildman–Crippen LogP) is 0.667. The normalized spacial score (nSPS) is 29.7. The maximum Gasteiger partial charge on any atom is 0.252 e. The van der Waals surface area contributed by atoms with Crippen LogP contribution in [-0.4, -0.2) is 71.6 Å². The molecule has 1 aromatic rings. The number of sulfonamides is 2. The van der Waals surface area contributed by atoms with E-state index in [0.29, 0.717) is 43.4 Å². The maximum atomic E-state index is 12.8. The van der Waals surface area contributed by atoms with Gasteiger partial charge in [-0.25, -0.2) is 21.1 Å². The van der Waals surface area contributed by atoms with Crippen LogP contribution in [0.1, 0.15) is 6.42 Å². The molecule has 24 heavy (non-hydrogen) atoms. The van der Waals surface area contributed by atoms with Gasteiger partial charge < -0.3 is 4.74 Å². The Bertz CT molecular complexity index is 790. The van der Waals surface area contributed by atoms with Crippen molar-refractivity contribution in [3.63, 3.8) is 0 Å². The fraction of sp³-hybridized carbons (Fsp3) is 0.714. The van der Waals surface area contributed by atoms with Gasteiger partial charge in [0.25, 0.3) is 10.0 Å². The SMILES string of the molecule is COC[C@@]12CCN(S(=O)(=O)c3cccs3)C[C@@H]1CN(S(C)(=O)=O)C2. The fourth-order valence-corrected chi connectivity index (χ4v) is 7.31. The molecule has 0 amide bonds. The third-order valence-electron chi connectivity index (χ3n) is 5.05. The number of thiophene rings is 1. The molecule has 1 aromatic heterocycles. The second-order valence-corrected chi connectivity index (χ2v) is 11.7. The number of rotatable bonds is 5. The highest BCUT2D eigenvalue weighted by atomic mass is 32.2. The molecule has 2 aliphatic rings. The van der Waals surface area contributed by atoms with Gasteiger partial charge in [-0.3, -0.25) is 0 Å². The highest BCUT2D eigenvalue weighted by Gasteiger charge is 2.53. The molecule has 7 nitrogen and oxygen atoms in total. The zero-order valence-electron chi connectivity index (χ0n) is 13.7. The first-order chi connectivity index (χ1) is 11.2. The first-order valence-corrected chi connectivity index (χ1v) is 11.8. The van der Waals surface area contributed by atoms with E-state index in [1.54, 1.807) is 24.6 Å². The molecule has 3 rings (SSSR count). The lowest BCUT2D eigenvalue weighted by Gasteiger charge is -2.42. The molecule has 10 heteroatoms. The summed E-state index contributed by atoms with van der Waals surface area (Å²) < 4.78 is 58.0. The van der Waals surface area contributed by atoms with E-state index in [0.717, 1.165) is 0 Å². The summed E-state index contributed by atoms with van der Waals surface area (Å²) >= 11 is 1.20. The highest BCUT2D eigenvalue weighted by Crippen LogP contribution is 2.45. The summed E-state index contributed by atoms with van der Waals surface area (Å²) in [6, 6.07) is 3.33. The van der Waals surface area contributed by atoms with E-state index in [4.69, 9.17) is 4.74 Å². The molecule has 3 heterocycles. The molecule has 2 saturated heterocycles. The average Bonchev–Trinajstić information content (AvgIpc) is 3.14. The Kier molecular flexibility index (Phi) is 4.82. The minimum atomic E-state index is -3.51. The summed E-state index contributed by atoms with van der Waals surface area (Å²) in [5.74, 6) is -0.0596. The van der Waals surface area contributed by atoms with Gasteiger partial charge in [-0.1, -0.05) is 6.07 Å². The van der Waals surface area contributed by atoms with E-state index in [1.807, 2.05) is 0 Å². The third-order valence-corrected chi connectivity index (χ3v) is 9.51. The van der Waals surface area contributed by atoms with Gasteiger partial charge in [-0.15, -0.1) is 11.3 Å². The summed E-state index contributed by atoms with van der Waals surface area (Å²) in [5, 5.41) is 1.74. The Morgan fingerprint density at radius 2 is 2.00 bits per heavy atom. The molecule has 0 aliphatic carbocycles. The van der Waals surface area contributed by atoms with Crippen molar-refractivity contribution in [3.8, 4) is 0 Å². The van der Waals surface area contributed by atoms with Gasteiger partial charge in [0.05, 0.1) is 12.9 Å². The van der Waals surface area contributed by atoms with Crippen LogP contribution in [0.2, 0.25) is 0 Å². The topological polar surface area (TPSA) is 84.0 Å². The van der Waals surface area contributed by atoms with Crippen molar-refractivity contribution in [2.75, 3.05) is 46.2 Å². The lowest BCUT2D eigenvalue weighted by molar-refractivity contribution is 0.0209. The number of ether oxygens (including phenoxy) is 1. The van der Waals surface area contributed by atoms with Gasteiger partial charge in [-0.2, -0.15) is 4.31 Å². The van der Waals surface area contributed by atoms with Crippen molar-refractivity contribution in [2.24, 2.45) is 11.3 Å². The van der Waals surface area contributed by atoms with Crippen LogP contribution in [-0.2, 0) is 24.8 Å². The zero-order chi connectivity index (χ0) is 17.6. The quantitative estimate of drug-likeness (QED) is 0.733. The minimum Gasteiger partial charge on any atom is -0.384 e. The van der Waals surface area contributed by atoms with Crippen LogP contribution >= 0.6 is 11.3 Å². The molecule has 0 saturated carbocycles. The largest absolute Gasteiger partial charge is 0.384 e. The van der Waals surface area contributed by atoms with Gasteiger partial charge in [-0.05, 0) is 23.8 Å². The summed E-state index contributed by atoms with van der Waals surface area (Å²) in [5.41, 5.74) is -0.306. The molecule has 2 fully saturated rings. The smallest absolute Gasteiger partial charge is 0.252 e. The number of hydrogen-bond acceptors (Lipinski definition) is 6. The monoisotopic (exact) mass is 394 g/mol. The average molecular weight is 395 g/mol. The Hall–Kier alpha value is -0.520. The minimum absolute atomic E-state index is 0.0596. The number of piperidine rings is 1. The number of nitrogens with zero attached hydrogens (tertiary/aromatic N) is 2. The van der Waals surface area contributed by atoms with Crippen LogP contribution in [0.3, 0.4) is 0 Å². The van der Waals surface area contributed by atoms with Gasteiger partial charge >= 0.3 is 0 Å². The molecule has 0 aromatic carbocycles. The lowest BCUT2D eigenvalue weighted by atomic mass is 9.74. The zero-order valence-corrected chi connectivity index (χ0v) is 16.2. The molecular formula is C14H22N2O5S3. The van der Waals surface area contributed by atoms with Crippen molar-refractivity contribution < 1.29 is 21.6 Å². The molecule has 2 aliphatic heterocycles. The summed E-state index contributed by atoms with van der Waals surface area (Å²) in [4.78, 5) is 0. The van der Waals surface area contributed by atoms with Crippen molar-refractivity contribution >= 4 is 31.4 Å². The van der Waals surface area contributed by atoms with Crippen molar-refractivity contribution in [2.45, 2.75) is 10.6 Å². The van der Waals surface area contributed by atoms with Crippen LogP contribution in [0.5, 0.6) is 0 Å². The summed E-state index contributed by atoms with van der Waals surface area (Å²) in [6.45, 7) is 1.90. The second kappa shape index (κ2) is 6.33. The lowest BCUT2D eigenvalue weighted by Crippen LogP contribution is -2.50. The summed E-state index contributed by atoms with van der Waals surface area (Å²) in [7, 11) is -5.21. The standard InChI is InChI=1S/C14H22N2O5S3/c1-21-11-14-5-6-15(24(19,20)13-4-3-7-22-13)8-12(14)9-16(10-14)23(2,17)18/h3-4,7,12H,5-6,8-11H2,1-2H3/t12-,14+/m1/s1. The third kappa shape index (κ3) is 3.15. The Labute approximate surface area is 147 Å². The van der Waals surface area contributed by atoms with Crippen LogP contribution in [0.4, 0.5) is 0 Å². The van der Waals surface area contributed by atoms with E-state index < -0.39 is 20.0 Å². The number of fused-ring (bicyclic) bond motifs is 1. The molecule has 136 valence electrons. The van der Waals surface area contributed by atoms with Crippen molar-refractivity contribution in [1.82, 2.24) is 8.61 Å². The van der Waals surface area contributed by atoms with Crippen molar-refractivity contribution in [1.29, 1.82) is 0 Å². The molecular weight excluding hydrogens is 372 g/mol. The second-order valence-electron chi connectivity index (χ2n) is 6.59. The van der Waals surface area contributed by atoms with E-state index in [2.05, 4.69) is 0 Å².